The van der Waals surface area contributed by atoms with Crippen LogP contribution in [-0.4, -0.2) is 22.4 Å². The molecule has 2 aromatic carbocycles. The van der Waals surface area contributed by atoms with Crippen LogP contribution >= 0.6 is 0 Å². The molecule has 132 valence electrons. The van der Waals surface area contributed by atoms with Crippen molar-refractivity contribution in [2.75, 3.05) is 6.61 Å². The van der Waals surface area contributed by atoms with E-state index in [1.54, 1.807) is 0 Å². The molecule has 0 amide bonds. The number of rotatable bonds is 7. The first-order valence-electron chi connectivity index (χ1n) is 8.94. The van der Waals surface area contributed by atoms with Crippen molar-refractivity contribution in [3.63, 3.8) is 0 Å². The van der Waals surface area contributed by atoms with Gasteiger partial charge in [0.05, 0.1) is 7.05 Å². The van der Waals surface area contributed by atoms with Crippen molar-refractivity contribution < 1.29 is 14.4 Å². The van der Waals surface area contributed by atoms with Gasteiger partial charge in [0, 0.05) is 6.42 Å². The van der Waals surface area contributed by atoms with E-state index < -0.39 is 6.10 Å². The van der Waals surface area contributed by atoms with Crippen LogP contribution in [0.3, 0.4) is 0 Å². The Morgan fingerprint density at radius 1 is 1.12 bits per heavy atom. The Balaban J connectivity index is 1.79. The molecule has 1 atom stereocenters. The Morgan fingerprint density at radius 2 is 1.84 bits per heavy atom. The number of ether oxygens (including phenoxy) is 1. The molecule has 0 aliphatic carbocycles. The largest absolute Gasteiger partial charge is 0.490 e. The SMILES string of the molecule is CCCc1n(CC(O)COc2ccccc2C)c2ccccc2[n+]1C. The first kappa shape index (κ1) is 17.5. The van der Waals surface area contributed by atoms with Gasteiger partial charge < -0.3 is 9.84 Å². The summed E-state index contributed by atoms with van der Waals surface area (Å²) in [6, 6.07) is 16.2. The average Bonchev–Trinajstić information content (AvgIpc) is 2.88. The zero-order valence-corrected chi connectivity index (χ0v) is 15.3. The van der Waals surface area contributed by atoms with E-state index in [4.69, 9.17) is 4.74 Å². The minimum absolute atomic E-state index is 0.284. The van der Waals surface area contributed by atoms with E-state index in [0.29, 0.717) is 6.54 Å². The van der Waals surface area contributed by atoms with E-state index in [2.05, 4.69) is 41.3 Å². The van der Waals surface area contributed by atoms with Crippen LogP contribution in [0, 0.1) is 6.92 Å². The minimum atomic E-state index is -0.564. The maximum Gasteiger partial charge on any atom is 0.257 e. The van der Waals surface area contributed by atoms with Gasteiger partial charge in [0.1, 0.15) is 25.0 Å². The average molecular weight is 339 g/mol. The molecular formula is C21H27N2O2+. The molecule has 0 aliphatic heterocycles. The standard InChI is InChI=1S/C21H27N2O2/c1-4-9-21-22(3)18-11-6-7-12-19(18)23(21)14-17(24)15-25-20-13-8-5-10-16(20)2/h5-8,10-13,17,24H,4,9,14-15H2,1-3H3/q+1. The van der Waals surface area contributed by atoms with E-state index in [9.17, 15) is 5.11 Å². The zero-order valence-electron chi connectivity index (χ0n) is 15.3. The van der Waals surface area contributed by atoms with Gasteiger partial charge in [-0.1, -0.05) is 37.3 Å². The number of imidazole rings is 1. The lowest BCUT2D eigenvalue weighted by Crippen LogP contribution is -2.34. The first-order chi connectivity index (χ1) is 12.1. The highest BCUT2D eigenvalue weighted by Gasteiger charge is 2.23. The quantitative estimate of drug-likeness (QED) is 0.672. The third-order valence-electron chi connectivity index (χ3n) is 4.62. The molecule has 0 bridgehead atoms. The van der Waals surface area contributed by atoms with E-state index in [1.807, 2.05) is 37.3 Å². The Morgan fingerprint density at radius 3 is 2.60 bits per heavy atom. The number of fused-ring (bicyclic) bond motifs is 1. The number of aliphatic hydroxyl groups is 1. The first-order valence-corrected chi connectivity index (χ1v) is 8.94. The van der Waals surface area contributed by atoms with Crippen molar-refractivity contribution in [1.29, 1.82) is 0 Å². The normalized spacial score (nSPS) is 12.5. The molecule has 3 aromatic rings. The second-order valence-corrected chi connectivity index (χ2v) is 6.55. The lowest BCUT2D eigenvalue weighted by molar-refractivity contribution is -0.654. The lowest BCUT2D eigenvalue weighted by Gasteiger charge is -2.13. The van der Waals surface area contributed by atoms with E-state index in [1.165, 1.54) is 11.3 Å². The summed E-state index contributed by atoms with van der Waals surface area (Å²) in [4.78, 5) is 0. The molecule has 25 heavy (non-hydrogen) atoms. The summed E-state index contributed by atoms with van der Waals surface area (Å²) in [7, 11) is 2.10. The maximum absolute atomic E-state index is 10.6. The topological polar surface area (TPSA) is 38.3 Å². The minimum Gasteiger partial charge on any atom is -0.490 e. The molecule has 3 rings (SSSR count). The van der Waals surface area contributed by atoms with Crippen LogP contribution in [-0.2, 0) is 20.0 Å². The fourth-order valence-corrected chi connectivity index (χ4v) is 3.33. The highest BCUT2D eigenvalue weighted by Crippen LogP contribution is 2.18. The number of aromatic nitrogens is 2. The number of aryl methyl sites for hydroxylation is 2. The van der Waals surface area contributed by atoms with Crippen molar-refractivity contribution in [2.24, 2.45) is 7.05 Å². The number of nitrogens with zero attached hydrogens (tertiary/aromatic N) is 2. The number of aliphatic hydroxyl groups excluding tert-OH is 1. The monoisotopic (exact) mass is 339 g/mol. The van der Waals surface area contributed by atoms with Gasteiger partial charge in [-0.15, -0.1) is 0 Å². The maximum atomic E-state index is 10.6. The summed E-state index contributed by atoms with van der Waals surface area (Å²) in [5.41, 5.74) is 3.43. The predicted octanol–water partition coefficient (Wildman–Crippen LogP) is 3.17. The highest BCUT2D eigenvalue weighted by molar-refractivity contribution is 5.72. The van der Waals surface area contributed by atoms with Gasteiger partial charge in [-0.25, -0.2) is 9.13 Å². The summed E-state index contributed by atoms with van der Waals surface area (Å²) in [5.74, 6) is 2.07. The van der Waals surface area contributed by atoms with Crippen LogP contribution in [0.4, 0.5) is 0 Å². The van der Waals surface area contributed by atoms with E-state index in [0.717, 1.165) is 29.7 Å². The van der Waals surface area contributed by atoms with Gasteiger partial charge in [-0.3, -0.25) is 0 Å². The van der Waals surface area contributed by atoms with Crippen molar-refractivity contribution in [1.82, 2.24) is 4.57 Å². The Labute approximate surface area is 149 Å². The molecule has 0 fully saturated rings. The summed E-state index contributed by atoms with van der Waals surface area (Å²) >= 11 is 0. The Hall–Kier alpha value is -2.33. The molecule has 4 nitrogen and oxygen atoms in total. The van der Waals surface area contributed by atoms with E-state index in [-0.39, 0.29) is 6.61 Å². The molecular weight excluding hydrogens is 312 g/mol. The number of benzene rings is 2. The number of hydrogen-bond donors (Lipinski definition) is 1. The third-order valence-corrected chi connectivity index (χ3v) is 4.62. The summed E-state index contributed by atoms with van der Waals surface area (Å²) in [5, 5.41) is 10.6. The number of para-hydroxylation sites is 3. The molecule has 4 heteroatoms. The molecule has 0 aliphatic rings. The third kappa shape index (κ3) is 3.69. The van der Waals surface area contributed by atoms with Crippen LogP contribution in [0.2, 0.25) is 0 Å². The molecule has 1 N–H and O–H groups in total. The zero-order chi connectivity index (χ0) is 17.8. The van der Waals surface area contributed by atoms with Gasteiger partial charge in [0.15, 0.2) is 11.0 Å². The van der Waals surface area contributed by atoms with Gasteiger partial charge in [0.25, 0.3) is 5.82 Å². The molecule has 0 spiro atoms. The molecule has 1 heterocycles. The van der Waals surface area contributed by atoms with Crippen molar-refractivity contribution in [2.45, 2.75) is 39.3 Å². The van der Waals surface area contributed by atoms with Crippen LogP contribution in [0.1, 0.15) is 24.7 Å². The second kappa shape index (κ2) is 7.70. The van der Waals surface area contributed by atoms with Gasteiger partial charge in [0.2, 0.25) is 0 Å². The second-order valence-electron chi connectivity index (χ2n) is 6.55. The Kier molecular flexibility index (Phi) is 5.39. The van der Waals surface area contributed by atoms with Crippen molar-refractivity contribution in [3.05, 3.63) is 59.9 Å². The predicted molar refractivity (Wildman–Crippen MR) is 99.8 cm³/mol. The van der Waals surface area contributed by atoms with Crippen molar-refractivity contribution >= 4 is 11.0 Å². The Bertz CT molecular complexity index is 854. The van der Waals surface area contributed by atoms with Crippen molar-refractivity contribution in [3.8, 4) is 5.75 Å². The van der Waals surface area contributed by atoms with Crippen LogP contribution in [0.15, 0.2) is 48.5 Å². The number of hydrogen-bond acceptors (Lipinski definition) is 2. The summed E-state index contributed by atoms with van der Waals surface area (Å²) < 4.78 is 10.3. The van der Waals surface area contributed by atoms with Gasteiger partial charge in [-0.2, -0.15) is 0 Å². The fraction of sp³-hybridized carbons (Fsp3) is 0.381. The molecule has 0 radical (unpaired) electrons. The summed E-state index contributed by atoms with van der Waals surface area (Å²) in [6.07, 6.45) is 1.49. The molecule has 1 unspecified atom stereocenters. The molecule has 0 saturated carbocycles. The fourth-order valence-electron chi connectivity index (χ4n) is 3.33. The molecule has 0 saturated heterocycles. The molecule has 1 aromatic heterocycles. The lowest BCUT2D eigenvalue weighted by atomic mass is 10.2. The van der Waals surface area contributed by atoms with Gasteiger partial charge in [-0.05, 0) is 37.1 Å². The highest BCUT2D eigenvalue weighted by atomic mass is 16.5. The van der Waals surface area contributed by atoms with Crippen LogP contribution < -0.4 is 9.30 Å². The van der Waals surface area contributed by atoms with Gasteiger partial charge >= 0.3 is 0 Å². The smallest absolute Gasteiger partial charge is 0.257 e. The van der Waals surface area contributed by atoms with E-state index >= 15 is 0 Å². The van der Waals surface area contributed by atoms with Crippen LogP contribution in [0.5, 0.6) is 5.75 Å². The summed E-state index contributed by atoms with van der Waals surface area (Å²) in [6.45, 7) is 5.01. The van der Waals surface area contributed by atoms with Crippen LogP contribution in [0.25, 0.3) is 11.0 Å².